The molecule has 0 spiro atoms. The van der Waals surface area contributed by atoms with Gasteiger partial charge in [-0.05, 0) is 50.3 Å². The number of nitrogens with zero attached hydrogens (tertiary/aromatic N) is 2. The van der Waals surface area contributed by atoms with Crippen molar-refractivity contribution < 1.29 is 4.79 Å². The Bertz CT molecular complexity index is 483. The third-order valence-corrected chi connectivity index (χ3v) is 5.07. The number of amides is 1. The summed E-state index contributed by atoms with van der Waals surface area (Å²) in [4.78, 5) is 16.8. The van der Waals surface area contributed by atoms with Gasteiger partial charge in [-0.25, -0.2) is 0 Å². The van der Waals surface area contributed by atoms with Crippen molar-refractivity contribution in [2.45, 2.75) is 38.5 Å². The summed E-state index contributed by atoms with van der Waals surface area (Å²) in [6.07, 6.45) is 4.56. The Hall–Kier alpha value is -1.35. The van der Waals surface area contributed by atoms with E-state index in [1.54, 1.807) is 0 Å². The highest BCUT2D eigenvalue weighted by molar-refractivity contribution is 5.81. The molecule has 0 radical (unpaired) electrons. The zero-order valence-corrected chi connectivity index (χ0v) is 13.7. The normalized spacial score (nSPS) is 21.4. The molecule has 1 saturated carbocycles. The van der Waals surface area contributed by atoms with Crippen LogP contribution in [0.5, 0.6) is 0 Å². The third kappa shape index (κ3) is 4.10. The van der Waals surface area contributed by atoms with Gasteiger partial charge >= 0.3 is 0 Å². The quantitative estimate of drug-likeness (QED) is 0.834. The minimum atomic E-state index is 0.365. The maximum atomic E-state index is 12.2. The Balaban J connectivity index is 1.44. The topological polar surface area (TPSA) is 23.6 Å². The number of rotatable bonds is 5. The fourth-order valence-corrected chi connectivity index (χ4v) is 3.33. The zero-order valence-electron chi connectivity index (χ0n) is 13.7. The lowest BCUT2D eigenvalue weighted by Crippen LogP contribution is -2.36. The monoisotopic (exact) mass is 300 g/mol. The van der Waals surface area contributed by atoms with E-state index in [-0.39, 0.29) is 0 Å². The average molecular weight is 300 g/mol. The maximum absolute atomic E-state index is 12.2. The van der Waals surface area contributed by atoms with Gasteiger partial charge in [-0.2, -0.15) is 0 Å². The molecule has 22 heavy (non-hydrogen) atoms. The zero-order chi connectivity index (χ0) is 15.4. The minimum absolute atomic E-state index is 0.365. The van der Waals surface area contributed by atoms with Gasteiger partial charge in [0, 0.05) is 25.6 Å². The van der Waals surface area contributed by atoms with Gasteiger partial charge in [0.2, 0.25) is 5.91 Å². The van der Waals surface area contributed by atoms with Crippen molar-refractivity contribution >= 4 is 5.91 Å². The predicted molar refractivity (Wildman–Crippen MR) is 89.8 cm³/mol. The highest BCUT2D eigenvalue weighted by atomic mass is 16.2. The number of hydrogen-bond acceptors (Lipinski definition) is 2. The molecule has 3 nitrogen and oxygen atoms in total. The van der Waals surface area contributed by atoms with Crippen LogP contribution in [0, 0.1) is 5.92 Å². The van der Waals surface area contributed by atoms with Crippen LogP contribution in [0.25, 0.3) is 0 Å². The van der Waals surface area contributed by atoms with Crippen molar-refractivity contribution in [3.8, 4) is 0 Å². The van der Waals surface area contributed by atoms with Crippen molar-refractivity contribution in [1.82, 2.24) is 9.80 Å². The lowest BCUT2D eigenvalue weighted by atomic mass is 9.98. The van der Waals surface area contributed by atoms with Crippen LogP contribution >= 0.6 is 0 Å². The molecule has 1 aliphatic heterocycles. The molecule has 0 N–H and O–H groups in total. The fraction of sp³-hybridized carbons (Fsp3) is 0.632. The highest BCUT2D eigenvalue weighted by Crippen LogP contribution is 2.31. The second-order valence-corrected chi connectivity index (χ2v) is 6.90. The summed E-state index contributed by atoms with van der Waals surface area (Å²) in [5.41, 5.74) is 1.43. The van der Waals surface area contributed by atoms with Crippen molar-refractivity contribution in [2.75, 3.05) is 32.7 Å². The van der Waals surface area contributed by atoms with Gasteiger partial charge in [-0.15, -0.1) is 0 Å². The molecule has 1 atom stereocenters. The molecule has 3 heteroatoms. The molecule has 2 aliphatic rings. The van der Waals surface area contributed by atoms with E-state index >= 15 is 0 Å². The molecule has 1 amide bonds. The molecule has 0 aromatic heterocycles. The van der Waals surface area contributed by atoms with E-state index < -0.39 is 0 Å². The van der Waals surface area contributed by atoms with E-state index in [0.29, 0.717) is 17.7 Å². The Labute approximate surface area is 134 Å². The molecule has 120 valence electrons. The summed E-state index contributed by atoms with van der Waals surface area (Å²) < 4.78 is 0. The standard InChI is InChI=1S/C19H28N2O/c1-16(17-6-3-2-4-7-17)10-13-20-11-5-12-21(15-14-20)19(22)18-8-9-18/h2-4,6-7,16,18H,5,8-15H2,1H3/t16-/m1/s1. The Morgan fingerprint density at radius 3 is 2.64 bits per heavy atom. The van der Waals surface area contributed by atoms with Gasteiger partial charge in [0.15, 0.2) is 0 Å². The van der Waals surface area contributed by atoms with Crippen LogP contribution in [0.3, 0.4) is 0 Å². The van der Waals surface area contributed by atoms with Crippen molar-refractivity contribution in [1.29, 1.82) is 0 Å². The van der Waals surface area contributed by atoms with Gasteiger partial charge in [0.05, 0.1) is 0 Å². The predicted octanol–water partition coefficient (Wildman–Crippen LogP) is 3.12. The Morgan fingerprint density at radius 2 is 1.91 bits per heavy atom. The molecular weight excluding hydrogens is 272 g/mol. The fourth-order valence-electron chi connectivity index (χ4n) is 3.33. The highest BCUT2D eigenvalue weighted by Gasteiger charge is 2.33. The van der Waals surface area contributed by atoms with Crippen LogP contribution in [0.15, 0.2) is 30.3 Å². The molecule has 0 unspecified atom stereocenters. The van der Waals surface area contributed by atoms with E-state index in [1.165, 1.54) is 12.0 Å². The van der Waals surface area contributed by atoms with Crippen molar-refractivity contribution in [3.05, 3.63) is 35.9 Å². The summed E-state index contributed by atoms with van der Waals surface area (Å²) in [5, 5.41) is 0. The van der Waals surface area contributed by atoms with Crippen LogP contribution in [-0.4, -0.2) is 48.4 Å². The van der Waals surface area contributed by atoms with E-state index in [0.717, 1.165) is 52.0 Å². The van der Waals surface area contributed by atoms with Crippen LogP contribution < -0.4 is 0 Å². The van der Waals surface area contributed by atoms with Gasteiger partial charge in [0.25, 0.3) is 0 Å². The lowest BCUT2D eigenvalue weighted by molar-refractivity contribution is -0.132. The first-order chi connectivity index (χ1) is 10.7. The minimum Gasteiger partial charge on any atom is -0.341 e. The number of benzene rings is 1. The molecule has 1 aromatic rings. The van der Waals surface area contributed by atoms with Crippen molar-refractivity contribution in [2.24, 2.45) is 5.92 Å². The molecule has 3 rings (SSSR count). The molecule has 1 aromatic carbocycles. The second-order valence-electron chi connectivity index (χ2n) is 6.90. The Morgan fingerprint density at radius 1 is 1.14 bits per heavy atom. The second kappa shape index (κ2) is 7.28. The first kappa shape index (κ1) is 15.5. The van der Waals surface area contributed by atoms with Gasteiger partial charge in [0.1, 0.15) is 0 Å². The number of hydrogen-bond donors (Lipinski definition) is 0. The number of carbonyl (C=O) groups excluding carboxylic acids is 1. The molecule has 2 fully saturated rings. The van der Waals surface area contributed by atoms with Crippen LogP contribution in [-0.2, 0) is 4.79 Å². The summed E-state index contributed by atoms with van der Waals surface area (Å²) >= 11 is 0. The summed E-state index contributed by atoms with van der Waals surface area (Å²) in [6.45, 7) is 7.52. The molecule has 1 saturated heterocycles. The van der Waals surface area contributed by atoms with Gasteiger partial charge in [-0.3, -0.25) is 4.79 Å². The lowest BCUT2D eigenvalue weighted by Gasteiger charge is -2.23. The third-order valence-electron chi connectivity index (χ3n) is 5.07. The molecule has 0 bridgehead atoms. The summed E-state index contributed by atoms with van der Waals surface area (Å²) in [7, 11) is 0. The number of carbonyl (C=O) groups is 1. The van der Waals surface area contributed by atoms with E-state index in [1.807, 2.05) is 0 Å². The average Bonchev–Trinajstić information content (AvgIpc) is 3.39. The van der Waals surface area contributed by atoms with Crippen LogP contribution in [0.2, 0.25) is 0 Å². The summed E-state index contributed by atoms with van der Waals surface area (Å²) in [6, 6.07) is 10.8. The first-order valence-corrected chi connectivity index (χ1v) is 8.80. The van der Waals surface area contributed by atoms with Crippen LogP contribution in [0.1, 0.15) is 44.1 Å². The van der Waals surface area contributed by atoms with Crippen LogP contribution in [0.4, 0.5) is 0 Å². The van der Waals surface area contributed by atoms with E-state index in [2.05, 4.69) is 47.1 Å². The first-order valence-electron chi connectivity index (χ1n) is 8.80. The van der Waals surface area contributed by atoms with Crippen molar-refractivity contribution in [3.63, 3.8) is 0 Å². The van der Waals surface area contributed by atoms with Gasteiger partial charge in [-0.1, -0.05) is 37.3 Å². The smallest absolute Gasteiger partial charge is 0.225 e. The maximum Gasteiger partial charge on any atom is 0.225 e. The SMILES string of the molecule is C[C@H](CCN1CCCN(C(=O)C2CC2)CC1)c1ccccc1. The summed E-state index contributed by atoms with van der Waals surface area (Å²) in [5.74, 6) is 1.39. The van der Waals surface area contributed by atoms with E-state index in [4.69, 9.17) is 0 Å². The molecule has 1 heterocycles. The molecule has 1 aliphatic carbocycles. The van der Waals surface area contributed by atoms with Gasteiger partial charge < -0.3 is 9.80 Å². The van der Waals surface area contributed by atoms with E-state index in [9.17, 15) is 4.79 Å². The molecular formula is C19H28N2O. The Kier molecular flexibility index (Phi) is 5.14. The largest absolute Gasteiger partial charge is 0.341 e.